The quantitative estimate of drug-likeness (QED) is 0.609. The lowest BCUT2D eigenvalue weighted by Gasteiger charge is -2.14. The van der Waals surface area contributed by atoms with Crippen molar-refractivity contribution < 1.29 is 9.59 Å². The van der Waals surface area contributed by atoms with Crippen LogP contribution in [0, 0.1) is 0 Å². The summed E-state index contributed by atoms with van der Waals surface area (Å²) in [5.74, 6) is 0.0678. The Hall–Kier alpha value is -1.10. The molecule has 0 aromatic heterocycles. The molecule has 1 fully saturated rings. The van der Waals surface area contributed by atoms with Gasteiger partial charge < -0.3 is 15.5 Å². The van der Waals surface area contributed by atoms with Crippen LogP contribution < -0.4 is 10.6 Å². The number of hydrogen-bond donors (Lipinski definition) is 2. The summed E-state index contributed by atoms with van der Waals surface area (Å²) in [4.78, 5) is 24.0. The van der Waals surface area contributed by atoms with Crippen LogP contribution in [0.3, 0.4) is 0 Å². The molecule has 5 nitrogen and oxygen atoms in total. The van der Waals surface area contributed by atoms with E-state index in [-0.39, 0.29) is 17.9 Å². The van der Waals surface area contributed by atoms with Gasteiger partial charge in [-0.15, -0.1) is 0 Å². The molecule has 2 N–H and O–H groups in total. The zero-order valence-corrected chi connectivity index (χ0v) is 8.67. The smallest absolute Gasteiger partial charge is 0.234 e. The van der Waals surface area contributed by atoms with Crippen LogP contribution in [0.4, 0.5) is 0 Å². The summed E-state index contributed by atoms with van der Waals surface area (Å²) in [6, 6.07) is 0.125. The first-order chi connectivity index (χ1) is 6.63. The van der Waals surface area contributed by atoms with Crippen molar-refractivity contribution in [3.05, 3.63) is 0 Å². The van der Waals surface area contributed by atoms with E-state index in [1.54, 1.807) is 18.9 Å². The highest BCUT2D eigenvalue weighted by molar-refractivity contribution is 5.78. The number of rotatable bonds is 3. The van der Waals surface area contributed by atoms with Gasteiger partial charge in [-0.3, -0.25) is 9.59 Å². The maximum Gasteiger partial charge on any atom is 0.234 e. The third kappa shape index (κ3) is 2.99. The van der Waals surface area contributed by atoms with Crippen LogP contribution in [0.1, 0.15) is 13.3 Å². The van der Waals surface area contributed by atoms with E-state index in [1.165, 1.54) is 0 Å². The second-order valence-electron chi connectivity index (χ2n) is 3.55. The summed E-state index contributed by atoms with van der Waals surface area (Å²) < 4.78 is 0. The van der Waals surface area contributed by atoms with Gasteiger partial charge in [-0.2, -0.15) is 0 Å². The monoisotopic (exact) mass is 199 g/mol. The van der Waals surface area contributed by atoms with E-state index < -0.39 is 0 Å². The first kappa shape index (κ1) is 11.0. The molecule has 1 saturated heterocycles. The van der Waals surface area contributed by atoms with Crippen molar-refractivity contribution in [2.24, 2.45) is 0 Å². The molecule has 1 aliphatic rings. The van der Waals surface area contributed by atoms with Crippen LogP contribution >= 0.6 is 0 Å². The third-order valence-corrected chi connectivity index (χ3v) is 2.34. The number of hydrogen-bond acceptors (Lipinski definition) is 3. The SMILES string of the molecule is CNCC(=O)NC1CCN(C(C)=O)C1. The van der Waals surface area contributed by atoms with E-state index in [4.69, 9.17) is 0 Å². The second-order valence-corrected chi connectivity index (χ2v) is 3.55. The van der Waals surface area contributed by atoms with Crippen molar-refractivity contribution >= 4 is 11.8 Å². The van der Waals surface area contributed by atoms with Gasteiger partial charge in [0.25, 0.3) is 0 Å². The fourth-order valence-electron chi connectivity index (χ4n) is 1.60. The van der Waals surface area contributed by atoms with Crippen LogP contribution in [0.15, 0.2) is 0 Å². The standard InChI is InChI=1S/C9H17N3O2/c1-7(13)12-4-3-8(6-12)11-9(14)5-10-2/h8,10H,3-6H2,1-2H3,(H,11,14). The minimum Gasteiger partial charge on any atom is -0.350 e. The predicted molar refractivity (Wildman–Crippen MR) is 52.7 cm³/mol. The first-order valence-corrected chi connectivity index (χ1v) is 4.83. The fraction of sp³-hybridized carbons (Fsp3) is 0.778. The van der Waals surface area contributed by atoms with Crippen LogP contribution in [0.5, 0.6) is 0 Å². The Morgan fingerprint density at radius 3 is 2.71 bits per heavy atom. The number of likely N-dealkylation sites (N-methyl/N-ethyl adjacent to an activating group) is 1. The molecule has 0 radical (unpaired) electrons. The van der Waals surface area contributed by atoms with Crippen molar-refractivity contribution in [1.29, 1.82) is 0 Å². The minimum absolute atomic E-state index is 0.0112. The molecule has 0 aromatic rings. The molecule has 1 unspecified atom stereocenters. The van der Waals surface area contributed by atoms with E-state index in [2.05, 4.69) is 10.6 Å². The number of likely N-dealkylation sites (tertiary alicyclic amines) is 1. The van der Waals surface area contributed by atoms with Gasteiger partial charge in [0.1, 0.15) is 0 Å². The summed E-state index contributed by atoms with van der Waals surface area (Å²) in [5.41, 5.74) is 0. The molecule has 1 aliphatic heterocycles. The Morgan fingerprint density at radius 2 is 2.21 bits per heavy atom. The lowest BCUT2D eigenvalue weighted by molar-refractivity contribution is -0.128. The second kappa shape index (κ2) is 4.95. The van der Waals surface area contributed by atoms with Gasteiger partial charge in [-0.1, -0.05) is 0 Å². The van der Waals surface area contributed by atoms with E-state index in [9.17, 15) is 9.59 Å². The highest BCUT2D eigenvalue weighted by Gasteiger charge is 2.24. The molecule has 1 rings (SSSR count). The molecule has 0 aromatic carbocycles. The van der Waals surface area contributed by atoms with Crippen LogP contribution in [-0.4, -0.2) is 49.4 Å². The average Bonchev–Trinajstić information content (AvgIpc) is 2.53. The topological polar surface area (TPSA) is 61.4 Å². The molecule has 80 valence electrons. The highest BCUT2D eigenvalue weighted by atomic mass is 16.2. The molecular weight excluding hydrogens is 182 g/mol. The number of carbonyl (C=O) groups is 2. The molecule has 2 amide bonds. The Kier molecular flexibility index (Phi) is 3.88. The van der Waals surface area contributed by atoms with Gasteiger partial charge in [0.05, 0.1) is 6.54 Å². The normalized spacial score (nSPS) is 21.0. The summed E-state index contributed by atoms with van der Waals surface area (Å²) in [7, 11) is 1.73. The van der Waals surface area contributed by atoms with Crippen molar-refractivity contribution in [2.45, 2.75) is 19.4 Å². The molecule has 5 heteroatoms. The van der Waals surface area contributed by atoms with Crippen molar-refractivity contribution in [3.63, 3.8) is 0 Å². The zero-order valence-electron chi connectivity index (χ0n) is 8.67. The maximum atomic E-state index is 11.2. The zero-order chi connectivity index (χ0) is 10.6. The summed E-state index contributed by atoms with van der Waals surface area (Å²) >= 11 is 0. The van der Waals surface area contributed by atoms with Gasteiger partial charge >= 0.3 is 0 Å². The number of amides is 2. The number of nitrogens with zero attached hydrogens (tertiary/aromatic N) is 1. The summed E-state index contributed by atoms with van der Waals surface area (Å²) in [6.45, 7) is 3.28. The summed E-state index contributed by atoms with van der Waals surface area (Å²) in [6.07, 6.45) is 0.856. The average molecular weight is 199 g/mol. The van der Waals surface area contributed by atoms with Crippen molar-refractivity contribution in [1.82, 2.24) is 15.5 Å². The van der Waals surface area contributed by atoms with Gasteiger partial charge in [0.2, 0.25) is 11.8 Å². The molecule has 0 bridgehead atoms. The van der Waals surface area contributed by atoms with E-state index in [0.717, 1.165) is 13.0 Å². The van der Waals surface area contributed by atoms with Gasteiger partial charge in [0, 0.05) is 26.1 Å². The van der Waals surface area contributed by atoms with Crippen LogP contribution in [0.25, 0.3) is 0 Å². The maximum absolute atomic E-state index is 11.2. The largest absolute Gasteiger partial charge is 0.350 e. The van der Waals surface area contributed by atoms with Crippen LogP contribution in [0.2, 0.25) is 0 Å². The molecule has 0 saturated carbocycles. The van der Waals surface area contributed by atoms with Crippen LogP contribution in [-0.2, 0) is 9.59 Å². The van der Waals surface area contributed by atoms with Crippen molar-refractivity contribution in [2.75, 3.05) is 26.7 Å². The lowest BCUT2D eigenvalue weighted by Crippen LogP contribution is -2.41. The lowest BCUT2D eigenvalue weighted by atomic mass is 10.2. The third-order valence-electron chi connectivity index (χ3n) is 2.34. The molecule has 0 aliphatic carbocycles. The summed E-state index contributed by atoms with van der Waals surface area (Å²) in [5, 5.41) is 5.65. The molecule has 1 atom stereocenters. The first-order valence-electron chi connectivity index (χ1n) is 4.83. The molecule has 14 heavy (non-hydrogen) atoms. The van der Waals surface area contributed by atoms with Gasteiger partial charge in [-0.25, -0.2) is 0 Å². The Morgan fingerprint density at radius 1 is 1.50 bits per heavy atom. The molecular formula is C9H17N3O2. The highest BCUT2D eigenvalue weighted by Crippen LogP contribution is 2.08. The van der Waals surface area contributed by atoms with Gasteiger partial charge in [-0.05, 0) is 13.5 Å². The van der Waals surface area contributed by atoms with Crippen molar-refractivity contribution in [3.8, 4) is 0 Å². The number of nitrogens with one attached hydrogen (secondary N) is 2. The minimum atomic E-state index is -0.0112. The molecule has 1 heterocycles. The van der Waals surface area contributed by atoms with E-state index >= 15 is 0 Å². The predicted octanol–water partition coefficient (Wildman–Crippen LogP) is -1.06. The number of carbonyl (C=O) groups excluding carboxylic acids is 2. The van der Waals surface area contributed by atoms with E-state index in [0.29, 0.717) is 13.1 Å². The Labute approximate surface area is 83.8 Å². The fourth-order valence-corrected chi connectivity index (χ4v) is 1.60. The van der Waals surface area contributed by atoms with Gasteiger partial charge in [0.15, 0.2) is 0 Å². The molecule has 0 spiro atoms. The Balaban J connectivity index is 2.28. The van der Waals surface area contributed by atoms with E-state index in [1.807, 2.05) is 0 Å². The Bertz CT molecular complexity index is 230.